The molecule has 8 nitrogen and oxygen atoms in total. The van der Waals surface area contributed by atoms with Crippen LogP contribution >= 0.6 is 11.3 Å². The summed E-state index contributed by atoms with van der Waals surface area (Å²) >= 11 is 1.45. The van der Waals surface area contributed by atoms with Crippen LogP contribution in [0.2, 0.25) is 0 Å². The Morgan fingerprint density at radius 1 is 1.04 bits per heavy atom. The summed E-state index contributed by atoms with van der Waals surface area (Å²) in [6.07, 6.45) is 9.33. The molecule has 112 valence electrons. The molecule has 4 aromatic rings. The fourth-order valence-electron chi connectivity index (χ4n) is 2.08. The molecule has 4 heterocycles. The van der Waals surface area contributed by atoms with E-state index in [0.717, 1.165) is 10.7 Å². The van der Waals surface area contributed by atoms with E-state index in [2.05, 4.69) is 29.9 Å². The molecule has 4 rings (SSSR count). The van der Waals surface area contributed by atoms with E-state index in [0.29, 0.717) is 17.9 Å². The highest BCUT2D eigenvalue weighted by Gasteiger charge is 2.10. The van der Waals surface area contributed by atoms with Gasteiger partial charge < -0.3 is 0 Å². The number of rotatable bonds is 3. The van der Waals surface area contributed by atoms with Gasteiger partial charge in [-0.3, -0.25) is 19.3 Å². The van der Waals surface area contributed by atoms with Gasteiger partial charge in [-0.2, -0.15) is 0 Å². The van der Waals surface area contributed by atoms with Gasteiger partial charge in [-0.15, -0.1) is 11.3 Å². The van der Waals surface area contributed by atoms with Gasteiger partial charge in [-0.25, -0.2) is 19.9 Å². The summed E-state index contributed by atoms with van der Waals surface area (Å²) in [6, 6.07) is 0. The van der Waals surface area contributed by atoms with Crippen LogP contribution in [0.3, 0.4) is 0 Å². The molecule has 23 heavy (non-hydrogen) atoms. The second-order valence-corrected chi connectivity index (χ2v) is 5.50. The molecule has 0 aliphatic rings. The van der Waals surface area contributed by atoms with Crippen molar-refractivity contribution in [3.63, 3.8) is 0 Å². The molecule has 0 saturated heterocycles. The maximum absolute atomic E-state index is 12.4. The van der Waals surface area contributed by atoms with Crippen molar-refractivity contribution in [2.24, 2.45) is 0 Å². The molecule has 4 aromatic heterocycles. The number of thiazole rings is 1. The van der Waals surface area contributed by atoms with E-state index in [1.54, 1.807) is 18.6 Å². The highest BCUT2D eigenvalue weighted by atomic mass is 32.1. The first-order valence-corrected chi connectivity index (χ1v) is 7.56. The number of hydrogen-bond donors (Lipinski definition) is 0. The van der Waals surface area contributed by atoms with Gasteiger partial charge in [0.2, 0.25) is 0 Å². The van der Waals surface area contributed by atoms with Gasteiger partial charge in [0, 0.05) is 30.2 Å². The smallest absolute Gasteiger partial charge is 0.281 e. The van der Waals surface area contributed by atoms with Gasteiger partial charge in [0.1, 0.15) is 17.0 Å². The van der Waals surface area contributed by atoms with Crippen molar-refractivity contribution in [2.75, 3.05) is 0 Å². The van der Waals surface area contributed by atoms with E-state index in [-0.39, 0.29) is 11.1 Å². The largest absolute Gasteiger partial charge is 0.291 e. The van der Waals surface area contributed by atoms with Crippen LogP contribution in [-0.2, 0) is 6.54 Å². The minimum absolute atomic E-state index is 0.239. The summed E-state index contributed by atoms with van der Waals surface area (Å²) in [5.41, 5.74) is 1.81. The van der Waals surface area contributed by atoms with Gasteiger partial charge >= 0.3 is 0 Å². The monoisotopic (exact) mass is 323 g/mol. The Balaban J connectivity index is 1.68. The Morgan fingerprint density at radius 2 is 1.91 bits per heavy atom. The van der Waals surface area contributed by atoms with Crippen LogP contribution in [0.4, 0.5) is 0 Å². The Labute approximate surface area is 133 Å². The van der Waals surface area contributed by atoms with Crippen LogP contribution < -0.4 is 5.56 Å². The van der Waals surface area contributed by atoms with Crippen LogP contribution in [0, 0.1) is 0 Å². The lowest BCUT2D eigenvalue weighted by molar-refractivity contribution is 0.730. The van der Waals surface area contributed by atoms with Crippen molar-refractivity contribution in [3.05, 3.63) is 58.7 Å². The Morgan fingerprint density at radius 3 is 2.78 bits per heavy atom. The molecular formula is C14H9N7OS. The topological polar surface area (TPSA) is 99.3 Å². The van der Waals surface area contributed by atoms with E-state index in [4.69, 9.17) is 0 Å². The summed E-state index contributed by atoms with van der Waals surface area (Å²) in [5, 5.41) is 2.65. The zero-order chi connectivity index (χ0) is 15.6. The summed E-state index contributed by atoms with van der Waals surface area (Å²) in [5.74, 6) is 0. The average molecular weight is 323 g/mol. The fraction of sp³-hybridized carbons (Fsp3) is 0.0714. The summed E-state index contributed by atoms with van der Waals surface area (Å²) in [7, 11) is 0. The van der Waals surface area contributed by atoms with E-state index in [9.17, 15) is 4.79 Å². The lowest BCUT2D eigenvalue weighted by atomic mass is 10.4. The van der Waals surface area contributed by atoms with Crippen LogP contribution in [-0.4, -0.2) is 34.5 Å². The molecule has 0 radical (unpaired) electrons. The predicted molar refractivity (Wildman–Crippen MR) is 83.8 cm³/mol. The number of hydrogen-bond acceptors (Lipinski definition) is 8. The minimum atomic E-state index is -0.239. The van der Waals surface area contributed by atoms with E-state index >= 15 is 0 Å². The lowest BCUT2D eigenvalue weighted by Crippen LogP contribution is -2.22. The molecule has 0 aromatic carbocycles. The van der Waals surface area contributed by atoms with Gasteiger partial charge in [0.05, 0.1) is 18.4 Å². The molecule has 0 saturated carbocycles. The third-order valence-corrected chi connectivity index (χ3v) is 4.04. The molecule has 0 unspecified atom stereocenters. The first-order valence-electron chi connectivity index (χ1n) is 6.68. The Kier molecular flexibility index (Phi) is 3.31. The third kappa shape index (κ3) is 2.57. The van der Waals surface area contributed by atoms with Crippen LogP contribution in [0.5, 0.6) is 0 Å². The normalized spacial score (nSPS) is 11.0. The molecule has 0 spiro atoms. The van der Waals surface area contributed by atoms with Gasteiger partial charge in [0.25, 0.3) is 5.56 Å². The van der Waals surface area contributed by atoms with Crippen molar-refractivity contribution in [1.29, 1.82) is 0 Å². The number of aromatic nitrogens is 7. The summed E-state index contributed by atoms with van der Waals surface area (Å²) in [6.45, 7) is 0.315. The SMILES string of the molecule is O=c1c2nccnc2ncn1Cc1csc(-c2cnccn2)n1. The average Bonchev–Trinajstić information content (AvgIpc) is 3.07. The van der Waals surface area contributed by atoms with Crippen LogP contribution in [0.15, 0.2) is 47.5 Å². The molecule has 0 aliphatic carbocycles. The highest BCUT2D eigenvalue weighted by Crippen LogP contribution is 2.20. The molecule has 0 amide bonds. The van der Waals surface area contributed by atoms with Gasteiger partial charge in [-0.05, 0) is 0 Å². The Bertz CT molecular complexity index is 1030. The fourth-order valence-corrected chi connectivity index (χ4v) is 2.85. The Hall–Kier alpha value is -3.07. The minimum Gasteiger partial charge on any atom is -0.291 e. The molecular weight excluding hydrogens is 314 g/mol. The summed E-state index contributed by atoms with van der Waals surface area (Å²) in [4.78, 5) is 37.3. The van der Waals surface area contributed by atoms with Crippen molar-refractivity contribution in [3.8, 4) is 10.7 Å². The van der Waals surface area contributed by atoms with E-state index in [1.165, 1.54) is 34.6 Å². The van der Waals surface area contributed by atoms with Crippen molar-refractivity contribution >= 4 is 22.5 Å². The zero-order valence-corrected chi connectivity index (χ0v) is 12.5. The van der Waals surface area contributed by atoms with Crippen molar-refractivity contribution < 1.29 is 0 Å². The standard InChI is InChI=1S/C14H9N7OS/c22-14-11-12(18-4-3-17-11)19-8-21(14)6-9-7-23-13(20-9)10-5-15-1-2-16-10/h1-5,7-8H,6H2. The van der Waals surface area contributed by atoms with E-state index in [1.807, 2.05) is 5.38 Å². The van der Waals surface area contributed by atoms with Crippen molar-refractivity contribution in [1.82, 2.24) is 34.5 Å². The van der Waals surface area contributed by atoms with Crippen LogP contribution in [0.25, 0.3) is 21.9 Å². The van der Waals surface area contributed by atoms with Crippen LogP contribution in [0.1, 0.15) is 5.69 Å². The van der Waals surface area contributed by atoms with E-state index < -0.39 is 0 Å². The summed E-state index contributed by atoms with van der Waals surface area (Å²) < 4.78 is 1.46. The quantitative estimate of drug-likeness (QED) is 0.557. The molecule has 9 heteroatoms. The second-order valence-electron chi connectivity index (χ2n) is 4.64. The lowest BCUT2D eigenvalue weighted by Gasteiger charge is -2.03. The number of fused-ring (bicyclic) bond motifs is 1. The maximum Gasteiger partial charge on any atom is 0.281 e. The highest BCUT2D eigenvalue weighted by molar-refractivity contribution is 7.13. The number of nitrogens with zero attached hydrogens (tertiary/aromatic N) is 7. The zero-order valence-electron chi connectivity index (χ0n) is 11.7. The molecule has 0 aliphatic heterocycles. The maximum atomic E-state index is 12.4. The molecule has 0 fully saturated rings. The van der Waals surface area contributed by atoms with Crippen molar-refractivity contribution in [2.45, 2.75) is 6.54 Å². The first-order chi connectivity index (χ1) is 11.3. The van der Waals surface area contributed by atoms with Gasteiger partial charge in [-0.1, -0.05) is 0 Å². The van der Waals surface area contributed by atoms with Gasteiger partial charge in [0.15, 0.2) is 11.2 Å². The second kappa shape index (κ2) is 5.61. The third-order valence-electron chi connectivity index (χ3n) is 3.13. The molecule has 0 atom stereocenters. The molecule has 0 bridgehead atoms. The molecule has 0 N–H and O–H groups in total. The predicted octanol–water partition coefficient (Wildman–Crippen LogP) is 1.15. The first kappa shape index (κ1) is 13.6.